The number of carbonyl (C=O) groups excluding carboxylic acids is 1. The summed E-state index contributed by atoms with van der Waals surface area (Å²) >= 11 is 3.13. The topological polar surface area (TPSA) is 26.3 Å². The van der Waals surface area contributed by atoms with E-state index in [0.717, 1.165) is 25.7 Å². The van der Waals surface area contributed by atoms with Gasteiger partial charge in [0, 0.05) is 18.1 Å². The molecule has 2 nitrogen and oxygen atoms in total. The third-order valence-corrected chi connectivity index (χ3v) is 4.94. The zero-order chi connectivity index (χ0) is 13.5. The molecule has 2 aliphatic rings. The minimum Gasteiger partial charge on any atom is -0.375 e. The Morgan fingerprint density at radius 1 is 1.42 bits per heavy atom. The van der Waals surface area contributed by atoms with Crippen molar-refractivity contribution in [1.29, 1.82) is 0 Å². The fourth-order valence-corrected chi connectivity index (χ4v) is 3.43. The Kier molecular flexibility index (Phi) is 3.48. The summed E-state index contributed by atoms with van der Waals surface area (Å²) in [6.45, 7) is 0.665. The molecule has 4 heteroatoms. The molecule has 1 unspecified atom stereocenters. The zero-order valence-corrected chi connectivity index (χ0v) is 12.2. The second-order valence-electron chi connectivity index (χ2n) is 5.57. The van der Waals surface area contributed by atoms with Crippen LogP contribution in [0.3, 0.4) is 0 Å². The maximum atomic E-state index is 13.2. The molecule has 1 saturated carbocycles. The van der Waals surface area contributed by atoms with E-state index in [1.54, 1.807) is 12.1 Å². The summed E-state index contributed by atoms with van der Waals surface area (Å²) in [6, 6.07) is 4.50. The predicted molar refractivity (Wildman–Crippen MR) is 73.7 cm³/mol. The molecule has 102 valence electrons. The van der Waals surface area contributed by atoms with Crippen molar-refractivity contribution in [2.45, 2.75) is 37.7 Å². The molecule has 1 saturated heterocycles. The Morgan fingerprint density at radius 3 is 2.84 bits per heavy atom. The standard InChI is InChI=1S/C15H16BrFO2/c16-12-8-10(2-3-13(12)17)14(18)11-4-7-19-15(9-11)5-1-6-15/h2-3,8,11H,1,4-7,9H2. The molecule has 1 aromatic carbocycles. The predicted octanol–water partition coefficient (Wildman–Crippen LogP) is 4.12. The molecule has 0 N–H and O–H groups in total. The molecule has 1 aliphatic heterocycles. The molecule has 1 heterocycles. The number of halogens is 2. The molecule has 19 heavy (non-hydrogen) atoms. The summed E-state index contributed by atoms with van der Waals surface area (Å²) in [4.78, 5) is 12.5. The van der Waals surface area contributed by atoms with Gasteiger partial charge in [-0.25, -0.2) is 4.39 Å². The molecule has 0 bridgehead atoms. The normalized spacial score (nSPS) is 25.1. The van der Waals surface area contributed by atoms with Crippen LogP contribution in [0.1, 0.15) is 42.5 Å². The van der Waals surface area contributed by atoms with Gasteiger partial charge in [-0.3, -0.25) is 4.79 Å². The monoisotopic (exact) mass is 326 g/mol. The van der Waals surface area contributed by atoms with Gasteiger partial charge in [-0.15, -0.1) is 0 Å². The molecule has 0 aromatic heterocycles. The van der Waals surface area contributed by atoms with Crippen LogP contribution in [0.5, 0.6) is 0 Å². The lowest BCUT2D eigenvalue weighted by Gasteiger charge is -2.46. The van der Waals surface area contributed by atoms with Crippen molar-refractivity contribution in [2.24, 2.45) is 5.92 Å². The lowest BCUT2D eigenvalue weighted by Crippen LogP contribution is -2.47. The quantitative estimate of drug-likeness (QED) is 0.764. The minimum absolute atomic E-state index is 0.0198. The van der Waals surface area contributed by atoms with E-state index in [1.807, 2.05) is 0 Å². The average molecular weight is 327 g/mol. The van der Waals surface area contributed by atoms with Crippen molar-refractivity contribution < 1.29 is 13.9 Å². The van der Waals surface area contributed by atoms with Gasteiger partial charge in [0.2, 0.25) is 0 Å². The second kappa shape index (κ2) is 4.98. The average Bonchev–Trinajstić information content (AvgIpc) is 2.39. The van der Waals surface area contributed by atoms with Crippen LogP contribution in [0.4, 0.5) is 4.39 Å². The molecule has 3 rings (SSSR count). The minimum atomic E-state index is -0.334. The number of ether oxygens (including phenoxy) is 1. The van der Waals surface area contributed by atoms with Crippen molar-refractivity contribution in [1.82, 2.24) is 0 Å². The Morgan fingerprint density at radius 2 is 2.21 bits per heavy atom. The molecule has 0 radical (unpaired) electrons. The van der Waals surface area contributed by atoms with Crippen LogP contribution >= 0.6 is 15.9 Å². The lowest BCUT2D eigenvalue weighted by atomic mass is 9.70. The van der Waals surface area contributed by atoms with Crippen LogP contribution in [-0.2, 0) is 4.74 Å². The summed E-state index contributed by atoms with van der Waals surface area (Å²) in [7, 11) is 0. The summed E-state index contributed by atoms with van der Waals surface area (Å²) in [5.41, 5.74) is 0.560. The van der Waals surface area contributed by atoms with Gasteiger partial charge < -0.3 is 4.74 Å². The highest BCUT2D eigenvalue weighted by molar-refractivity contribution is 9.10. The van der Waals surface area contributed by atoms with Crippen molar-refractivity contribution in [3.8, 4) is 0 Å². The van der Waals surface area contributed by atoms with E-state index in [-0.39, 0.29) is 23.1 Å². The van der Waals surface area contributed by atoms with E-state index < -0.39 is 0 Å². The van der Waals surface area contributed by atoms with Crippen LogP contribution in [0.25, 0.3) is 0 Å². The number of rotatable bonds is 2. The number of carbonyl (C=O) groups is 1. The van der Waals surface area contributed by atoms with Crippen LogP contribution in [-0.4, -0.2) is 18.0 Å². The highest BCUT2D eigenvalue weighted by Crippen LogP contribution is 2.44. The number of hydrogen-bond acceptors (Lipinski definition) is 2. The van der Waals surface area contributed by atoms with Crippen LogP contribution in [0.15, 0.2) is 22.7 Å². The Hall–Kier alpha value is -0.740. The summed E-state index contributed by atoms with van der Waals surface area (Å²) in [5.74, 6) is -0.194. The highest BCUT2D eigenvalue weighted by atomic mass is 79.9. The van der Waals surface area contributed by atoms with E-state index in [4.69, 9.17) is 4.74 Å². The fraction of sp³-hybridized carbons (Fsp3) is 0.533. The van der Waals surface area contributed by atoms with E-state index in [0.29, 0.717) is 16.6 Å². The first kappa shape index (κ1) is 13.3. The van der Waals surface area contributed by atoms with E-state index in [2.05, 4.69) is 15.9 Å². The Bertz CT molecular complexity index is 511. The van der Waals surface area contributed by atoms with Gasteiger partial charge in [-0.2, -0.15) is 0 Å². The molecule has 1 aromatic rings. The smallest absolute Gasteiger partial charge is 0.166 e. The number of hydrogen-bond donors (Lipinski definition) is 0. The highest BCUT2D eigenvalue weighted by Gasteiger charge is 2.44. The van der Waals surface area contributed by atoms with E-state index >= 15 is 0 Å². The van der Waals surface area contributed by atoms with Gasteiger partial charge in [0.25, 0.3) is 0 Å². The molecular formula is C15H16BrFO2. The number of ketones is 1. The van der Waals surface area contributed by atoms with Crippen molar-refractivity contribution in [3.05, 3.63) is 34.1 Å². The lowest BCUT2D eigenvalue weighted by molar-refractivity contribution is -0.137. The number of benzene rings is 1. The SMILES string of the molecule is O=C(c1ccc(F)c(Br)c1)C1CCOC2(CCC2)C1. The van der Waals surface area contributed by atoms with Gasteiger partial charge in [-0.05, 0) is 66.2 Å². The third-order valence-electron chi connectivity index (χ3n) is 4.33. The Balaban J connectivity index is 1.77. The molecule has 1 spiro atoms. The maximum Gasteiger partial charge on any atom is 0.166 e. The maximum absolute atomic E-state index is 13.2. The van der Waals surface area contributed by atoms with Gasteiger partial charge >= 0.3 is 0 Å². The fourth-order valence-electron chi connectivity index (χ4n) is 3.06. The summed E-state index contributed by atoms with van der Waals surface area (Å²) in [5, 5.41) is 0. The largest absolute Gasteiger partial charge is 0.375 e. The molecule has 2 fully saturated rings. The number of Topliss-reactive ketones (excluding diaryl/α,β-unsaturated/α-hetero) is 1. The van der Waals surface area contributed by atoms with Gasteiger partial charge in [0.1, 0.15) is 5.82 Å². The molecule has 0 amide bonds. The van der Waals surface area contributed by atoms with Crippen LogP contribution in [0, 0.1) is 11.7 Å². The van der Waals surface area contributed by atoms with Gasteiger partial charge in [0.15, 0.2) is 5.78 Å². The summed E-state index contributed by atoms with van der Waals surface area (Å²) < 4.78 is 19.4. The van der Waals surface area contributed by atoms with Gasteiger partial charge in [-0.1, -0.05) is 0 Å². The van der Waals surface area contributed by atoms with Crippen molar-refractivity contribution in [3.63, 3.8) is 0 Å². The van der Waals surface area contributed by atoms with Crippen molar-refractivity contribution in [2.75, 3.05) is 6.61 Å². The summed E-state index contributed by atoms with van der Waals surface area (Å²) in [6.07, 6.45) is 4.94. The third kappa shape index (κ3) is 2.48. The second-order valence-corrected chi connectivity index (χ2v) is 6.42. The first-order chi connectivity index (χ1) is 9.10. The van der Waals surface area contributed by atoms with Crippen LogP contribution in [0.2, 0.25) is 0 Å². The first-order valence-corrected chi connectivity index (χ1v) is 7.52. The van der Waals surface area contributed by atoms with Gasteiger partial charge in [0.05, 0.1) is 10.1 Å². The Labute approximate surface area is 120 Å². The van der Waals surface area contributed by atoms with Crippen molar-refractivity contribution >= 4 is 21.7 Å². The first-order valence-electron chi connectivity index (χ1n) is 6.73. The van der Waals surface area contributed by atoms with E-state index in [1.165, 1.54) is 12.5 Å². The van der Waals surface area contributed by atoms with E-state index in [9.17, 15) is 9.18 Å². The van der Waals surface area contributed by atoms with Crippen LogP contribution < -0.4 is 0 Å². The molecule has 1 atom stereocenters. The molecule has 1 aliphatic carbocycles. The molecular weight excluding hydrogens is 311 g/mol. The zero-order valence-electron chi connectivity index (χ0n) is 10.6.